The summed E-state index contributed by atoms with van der Waals surface area (Å²) in [5, 5.41) is 12.5. The molecule has 4 rings (SSSR count). The summed E-state index contributed by atoms with van der Waals surface area (Å²) in [6, 6.07) is 12.7. The molecule has 8 nitrogen and oxygen atoms in total. The number of aliphatic hydroxyl groups excluding tert-OH is 1. The van der Waals surface area contributed by atoms with E-state index in [0.717, 1.165) is 6.29 Å². The van der Waals surface area contributed by atoms with E-state index in [2.05, 4.69) is 5.32 Å². The van der Waals surface area contributed by atoms with Gasteiger partial charge < -0.3 is 34.5 Å². The van der Waals surface area contributed by atoms with E-state index in [0.29, 0.717) is 35.8 Å². The number of nitrogens with zero attached hydrogens (tertiary/aromatic N) is 2. The van der Waals surface area contributed by atoms with E-state index in [1.807, 2.05) is 33.6 Å². The normalized spacial score (nSPS) is 18.0. The smallest absolute Gasteiger partial charge is 0.410 e. The van der Waals surface area contributed by atoms with E-state index in [9.17, 15) is 27.9 Å². The molecule has 1 heterocycles. The summed E-state index contributed by atoms with van der Waals surface area (Å²) in [7, 11) is 3.44. The van der Waals surface area contributed by atoms with E-state index in [1.165, 1.54) is 17.0 Å². The Hall–Kier alpha value is -3.15. The van der Waals surface area contributed by atoms with Gasteiger partial charge in [0.25, 0.3) is 5.92 Å². The molecular formula is C30H41ClF3N3O5. The summed E-state index contributed by atoms with van der Waals surface area (Å²) in [6.07, 6.45) is 0.773. The number of aliphatic hydroxyl groups is 1. The molecule has 0 aromatic heterocycles. The van der Waals surface area contributed by atoms with Crippen molar-refractivity contribution in [2.75, 3.05) is 32.1 Å². The number of alkyl halides is 2. The maximum Gasteiger partial charge on any atom is 0.410 e. The van der Waals surface area contributed by atoms with Crippen molar-refractivity contribution in [3.05, 3.63) is 64.9 Å². The van der Waals surface area contributed by atoms with Gasteiger partial charge in [0.05, 0.1) is 6.10 Å². The van der Waals surface area contributed by atoms with Crippen LogP contribution >= 0.6 is 11.6 Å². The highest BCUT2D eigenvalue weighted by atomic mass is 35.5. The lowest BCUT2D eigenvalue weighted by Crippen LogP contribution is -2.46. The highest BCUT2D eigenvalue weighted by Gasteiger charge is 2.44. The highest BCUT2D eigenvalue weighted by Crippen LogP contribution is 2.37. The van der Waals surface area contributed by atoms with Gasteiger partial charge in [0.1, 0.15) is 30.5 Å². The molecule has 2 fully saturated rings. The molecule has 12 heteroatoms. The van der Waals surface area contributed by atoms with Gasteiger partial charge in [-0.25, -0.2) is 18.0 Å². The lowest BCUT2D eigenvalue weighted by atomic mass is 9.88. The quantitative estimate of drug-likeness (QED) is 0.419. The fourth-order valence-electron chi connectivity index (χ4n) is 4.04. The Kier molecular flexibility index (Phi) is 15.0. The Morgan fingerprint density at radius 3 is 2.26 bits per heavy atom. The maximum atomic E-state index is 13.2. The number of halogens is 4. The Balaban J connectivity index is 0.000000331. The number of carbonyl (C=O) groups is 3. The van der Waals surface area contributed by atoms with E-state index in [4.69, 9.17) is 21.1 Å². The molecule has 1 saturated heterocycles. The van der Waals surface area contributed by atoms with Crippen LogP contribution in [0.25, 0.3) is 0 Å². The van der Waals surface area contributed by atoms with Crippen LogP contribution in [0, 0.1) is 5.82 Å². The number of nitrogens with one attached hydrogen (secondary N) is 1. The van der Waals surface area contributed by atoms with Crippen LogP contribution in [0.4, 0.5) is 23.7 Å². The van der Waals surface area contributed by atoms with Gasteiger partial charge >= 0.3 is 6.09 Å². The second-order valence-electron chi connectivity index (χ2n) is 10.8. The van der Waals surface area contributed by atoms with E-state index in [1.54, 1.807) is 49.3 Å². The Labute approximate surface area is 250 Å². The molecule has 1 aliphatic carbocycles. The molecule has 0 radical (unpaired) electrons. The molecule has 2 aromatic rings. The molecule has 0 bridgehead atoms. The van der Waals surface area contributed by atoms with Crippen LogP contribution in [-0.2, 0) is 14.3 Å². The average Bonchev–Trinajstić information content (AvgIpc) is 3.36. The van der Waals surface area contributed by atoms with Gasteiger partial charge in [-0.05, 0) is 58.5 Å². The minimum Gasteiger partial charge on any atom is -0.444 e. The van der Waals surface area contributed by atoms with Crippen molar-refractivity contribution in [3.8, 4) is 0 Å². The topological polar surface area (TPSA) is 99.2 Å². The summed E-state index contributed by atoms with van der Waals surface area (Å²) >= 11 is 6.10. The second kappa shape index (κ2) is 17.1. The monoisotopic (exact) mass is 615 g/mol. The summed E-state index contributed by atoms with van der Waals surface area (Å²) < 4.78 is 42.3. The molecule has 2 N–H and O–H groups in total. The van der Waals surface area contributed by atoms with Gasteiger partial charge in [0.2, 0.25) is 0 Å². The van der Waals surface area contributed by atoms with Crippen molar-refractivity contribution in [3.63, 3.8) is 0 Å². The molecule has 1 saturated carbocycles. The number of likely N-dealkylation sites (N-methyl/N-ethyl adjacent to an activating group) is 1. The van der Waals surface area contributed by atoms with Crippen LogP contribution < -0.4 is 10.2 Å². The highest BCUT2D eigenvalue weighted by molar-refractivity contribution is 6.31. The number of hydrogen-bond donors (Lipinski definition) is 2. The SMILES string of the molecule is C=O.CC(C)(C)OC(=O)N1CCC(O)C1.CN(c1cccc(F)c1)C(C=O)c1ccccc1Cl.CNC1CC(F)(F)C1. The van der Waals surface area contributed by atoms with Gasteiger partial charge in [-0.3, -0.25) is 0 Å². The number of hydrogen-bond acceptors (Lipinski definition) is 7. The van der Waals surface area contributed by atoms with Crippen LogP contribution in [0.5, 0.6) is 0 Å². The van der Waals surface area contributed by atoms with Crippen molar-refractivity contribution in [1.82, 2.24) is 10.2 Å². The Morgan fingerprint density at radius 2 is 1.83 bits per heavy atom. The summed E-state index contributed by atoms with van der Waals surface area (Å²) in [5.74, 6) is -2.71. The number of amides is 1. The third kappa shape index (κ3) is 12.4. The summed E-state index contributed by atoms with van der Waals surface area (Å²) in [6.45, 7) is 8.48. The predicted molar refractivity (Wildman–Crippen MR) is 158 cm³/mol. The summed E-state index contributed by atoms with van der Waals surface area (Å²) in [4.78, 5) is 34.0. The summed E-state index contributed by atoms with van der Waals surface area (Å²) in [5.41, 5.74) is 0.868. The molecule has 1 amide bonds. The molecule has 2 aromatic carbocycles. The van der Waals surface area contributed by atoms with Crippen molar-refractivity contribution in [1.29, 1.82) is 0 Å². The van der Waals surface area contributed by atoms with Crippen LogP contribution in [0.15, 0.2) is 48.5 Å². The van der Waals surface area contributed by atoms with Crippen molar-refractivity contribution >= 4 is 36.5 Å². The van der Waals surface area contributed by atoms with Gasteiger partial charge in [-0.1, -0.05) is 35.9 Å². The largest absolute Gasteiger partial charge is 0.444 e. The van der Waals surface area contributed by atoms with Crippen molar-refractivity contribution < 1.29 is 37.4 Å². The predicted octanol–water partition coefficient (Wildman–Crippen LogP) is 5.66. The molecule has 1 aliphatic heterocycles. The zero-order valence-electron chi connectivity index (χ0n) is 24.7. The van der Waals surface area contributed by atoms with Gasteiger partial charge in [0, 0.05) is 55.3 Å². The van der Waals surface area contributed by atoms with Crippen molar-refractivity contribution in [2.24, 2.45) is 0 Å². The van der Waals surface area contributed by atoms with Crippen molar-refractivity contribution in [2.45, 2.75) is 69.7 Å². The Morgan fingerprint density at radius 1 is 1.21 bits per heavy atom. The first-order valence-corrected chi connectivity index (χ1v) is 13.7. The van der Waals surface area contributed by atoms with Gasteiger partial charge in [0.15, 0.2) is 0 Å². The van der Waals surface area contributed by atoms with E-state index < -0.39 is 17.6 Å². The molecular weight excluding hydrogens is 575 g/mol. The Bertz CT molecular complexity index is 1130. The molecule has 42 heavy (non-hydrogen) atoms. The first kappa shape index (κ1) is 36.9. The number of carbonyl (C=O) groups excluding carboxylic acids is 3. The number of aldehydes is 1. The number of benzene rings is 2. The first-order valence-electron chi connectivity index (χ1n) is 13.3. The van der Waals surface area contributed by atoms with Gasteiger partial charge in [-0.2, -0.15) is 0 Å². The molecule has 234 valence electrons. The number of anilines is 1. The first-order chi connectivity index (χ1) is 19.7. The van der Waals surface area contributed by atoms with Crippen LogP contribution in [0.3, 0.4) is 0 Å². The minimum absolute atomic E-state index is 0.0174. The standard InChI is InChI=1S/C15H13ClFNO.C9H17NO3.C5H9F2N.CH2O/c1-18(12-6-4-5-11(17)9-12)15(10-19)13-7-2-3-8-14(13)16;1-9(2,3)13-8(12)10-5-4-7(11)6-10;1-8-4-2-5(6,7)3-4;1-2/h2-10,15H,1H3;7,11H,4-6H2,1-3H3;4,8H,2-3H2,1H3;1H2. The number of likely N-dealkylation sites (tertiary alicyclic amines) is 1. The fourth-order valence-corrected chi connectivity index (χ4v) is 4.29. The lowest BCUT2D eigenvalue weighted by molar-refractivity contribution is -0.109. The number of rotatable bonds is 5. The van der Waals surface area contributed by atoms with Crippen LogP contribution in [0.1, 0.15) is 51.6 Å². The molecule has 2 unspecified atom stereocenters. The maximum absolute atomic E-state index is 13.2. The zero-order chi connectivity index (χ0) is 32.1. The number of ether oxygens (including phenoxy) is 1. The molecule has 0 spiro atoms. The third-order valence-corrected chi connectivity index (χ3v) is 6.64. The van der Waals surface area contributed by atoms with E-state index in [-0.39, 0.29) is 36.9 Å². The lowest BCUT2D eigenvalue weighted by Gasteiger charge is -2.34. The number of β-amino-alcohol motifs (C(OH)–C–C–N with tert-alkyl or cyclic N) is 1. The average molecular weight is 616 g/mol. The van der Waals surface area contributed by atoms with Crippen LogP contribution in [-0.4, -0.2) is 80.0 Å². The fraction of sp³-hybridized carbons (Fsp3) is 0.500. The van der Waals surface area contributed by atoms with E-state index >= 15 is 0 Å². The second-order valence-corrected chi connectivity index (χ2v) is 11.2. The minimum atomic E-state index is -2.37. The molecule has 2 atom stereocenters. The van der Waals surface area contributed by atoms with Gasteiger partial charge in [-0.15, -0.1) is 0 Å². The zero-order valence-corrected chi connectivity index (χ0v) is 25.4. The third-order valence-electron chi connectivity index (χ3n) is 6.30. The van der Waals surface area contributed by atoms with Crippen LogP contribution in [0.2, 0.25) is 5.02 Å². The molecule has 2 aliphatic rings.